The smallest absolute Gasteiger partial charge is 0.304 e. The number of carboxylic acid groups (broad SMARTS) is 1. The van der Waals surface area contributed by atoms with Gasteiger partial charge in [0.25, 0.3) is 0 Å². The average molecular weight is 257 g/mol. The molecule has 2 N–H and O–H groups in total. The summed E-state index contributed by atoms with van der Waals surface area (Å²) in [5, 5.41) is 11.6. The lowest BCUT2D eigenvalue weighted by atomic mass is 9.83. The van der Waals surface area contributed by atoms with Gasteiger partial charge in [-0.25, -0.2) is 0 Å². The lowest BCUT2D eigenvalue weighted by Gasteiger charge is -2.29. The Morgan fingerprint density at radius 2 is 1.67 bits per heavy atom. The summed E-state index contributed by atoms with van der Waals surface area (Å²) in [6, 6.07) is 0. The van der Waals surface area contributed by atoms with Crippen LogP contribution in [0.5, 0.6) is 0 Å². The Morgan fingerprint density at radius 3 is 2.06 bits per heavy atom. The Labute approximate surface area is 110 Å². The van der Waals surface area contributed by atoms with Gasteiger partial charge in [-0.2, -0.15) is 0 Å². The molecule has 4 nitrogen and oxygen atoms in total. The van der Waals surface area contributed by atoms with Crippen molar-refractivity contribution in [1.82, 2.24) is 5.32 Å². The van der Waals surface area contributed by atoms with E-state index in [0.29, 0.717) is 12.5 Å². The maximum Gasteiger partial charge on any atom is 0.304 e. The first-order chi connectivity index (χ1) is 7.96. The van der Waals surface area contributed by atoms with Crippen molar-refractivity contribution in [3.63, 3.8) is 0 Å². The molecule has 0 aliphatic carbocycles. The third kappa shape index (κ3) is 6.62. The molecule has 0 radical (unpaired) electrons. The molecular weight excluding hydrogens is 230 g/mol. The van der Waals surface area contributed by atoms with Crippen LogP contribution in [0.4, 0.5) is 0 Å². The van der Waals surface area contributed by atoms with Crippen molar-refractivity contribution < 1.29 is 14.7 Å². The van der Waals surface area contributed by atoms with E-state index in [0.717, 1.165) is 6.42 Å². The second kappa shape index (κ2) is 6.21. The summed E-state index contributed by atoms with van der Waals surface area (Å²) in [6.07, 6.45) is 0.871. The number of carboxylic acids is 1. The highest BCUT2D eigenvalue weighted by Gasteiger charge is 2.31. The SMILES string of the molecule is CC(C)CC(C)(C)CNC(=O)C(C)(C)CC(=O)O. The molecule has 0 aromatic heterocycles. The van der Waals surface area contributed by atoms with Crippen LogP contribution in [-0.2, 0) is 9.59 Å². The van der Waals surface area contributed by atoms with Gasteiger partial charge < -0.3 is 10.4 Å². The molecule has 4 heteroatoms. The van der Waals surface area contributed by atoms with Gasteiger partial charge >= 0.3 is 5.97 Å². The molecule has 0 saturated carbocycles. The van der Waals surface area contributed by atoms with E-state index in [1.807, 2.05) is 0 Å². The molecule has 0 bridgehead atoms. The second-order valence-electron chi connectivity index (χ2n) is 6.90. The van der Waals surface area contributed by atoms with E-state index in [2.05, 4.69) is 33.0 Å². The Morgan fingerprint density at radius 1 is 1.17 bits per heavy atom. The van der Waals surface area contributed by atoms with Gasteiger partial charge in [0.15, 0.2) is 0 Å². The van der Waals surface area contributed by atoms with Gasteiger partial charge in [-0.05, 0) is 17.8 Å². The highest BCUT2D eigenvalue weighted by molar-refractivity contribution is 5.86. The molecular formula is C14H27NO3. The van der Waals surface area contributed by atoms with Crippen LogP contribution >= 0.6 is 0 Å². The fourth-order valence-electron chi connectivity index (χ4n) is 2.19. The third-order valence-electron chi connectivity index (χ3n) is 2.90. The Bertz CT molecular complexity index is 306. The van der Waals surface area contributed by atoms with Crippen molar-refractivity contribution in [3.05, 3.63) is 0 Å². The van der Waals surface area contributed by atoms with E-state index in [1.54, 1.807) is 13.8 Å². The monoisotopic (exact) mass is 257 g/mol. The van der Waals surface area contributed by atoms with Gasteiger partial charge in [-0.1, -0.05) is 41.5 Å². The predicted octanol–water partition coefficient (Wildman–Crippen LogP) is 2.68. The number of amides is 1. The summed E-state index contributed by atoms with van der Waals surface area (Å²) in [7, 11) is 0. The van der Waals surface area contributed by atoms with Crippen LogP contribution in [0.2, 0.25) is 0 Å². The fourth-order valence-corrected chi connectivity index (χ4v) is 2.19. The number of nitrogens with one attached hydrogen (secondary N) is 1. The number of rotatable bonds is 7. The van der Waals surface area contributed by atoms with Crippen LogP contribution in [0, 0.1) is 16.7 Å². The van der Waals surface area contributed by atoms with Gasteiger partial charge in [0.05, 0.1) is 11.8 Å². The van der Waals surface area contributed by atoms with Gasteiger partial charge in [0, 0.05) is 6.54 Å². The first-order valence-corrected chi connectivity index (χ1v) is 6.46. The predicted molar refractivity (Wildman–Crippen MR) is 72.3 cm³/mol. The van der Waals surface area contributed by atoms with Crippen molar-refractivity contribution >= 4 is 11.9 Å². The molecule has 0 saturated heterocycles. The molecule has 1 amide bonds. The minimum Gasteiger partial charge on any atom is -0.481 e. The van der Waals surface area contributed by atoms with Crippen LogP contribution in [0.15, 0.2) is 0 Å². The van der Waals surface area contributed by atoms with E-state index in [9.17, 15) is 9.59 Å². The Hall–Kier alpha value is -1.06. The Balaban J connectivity index is 4.37. The Kier molecular flexibility index (Phi) is 5.84. The molecule has 0 heterocycles. The molecule has 106 valence electrons. The van der Waals surface area contributed by atoms with Crippen molar-refractivity contribution in [3.8, 4) is 0 Å². The van der Waals surface area contributed by atoms with Crippen molar-refractivity contribution in [2.24, 2.45) is 16.7 Å². The molecule has 0 aliphatic rings. The largest absolute Gasteiger partial charge is 0.481 e. The van der Waals surface area contributed by atoms with E-state index in [1.165, 1.54) is 0 Å². The van der Waals surface area contributed by atoms with Crippen LogP contribution in [0.25, 0.3) is 0 Å². The summed E-state index contributed by atoms with van der Waals surface area (Å²) in [6.45, 7) is 12.4. The van der Waals surface area contributed by atoms with Gasteiger partial charge in [0.1, 0.15) is 0 Å². The van der Waals surface area contributed by atoms with Crippen LogP contribution in [0.1, 0.15) is 54.4 Å². The second-order valence-corrected chi connectivity index (χ2v) is 6.90. The number of aliphatic carboxylic acids is 1. The summed E-state index contributed by atoms with van der Waals surface area (Å²) >= 11 is 0. The van der Waals surface area contributed by atoms with Gasteiger partial charge in [-0.15, -0.1) is 0 Å². The van der Waals surface area contributed by atoms with Crippen LogP contribution in [0.3, 0.4) is 0 Å². The molecule has 0 aliphatic heterocycles. The highest BCUT2D eigenvalue weighted by Crippen LogP contribution is 2.25. The molecule has 18 heavy (non-hydrogen) atoms. The number of carbonyl (C=O) groups is 2. The standard InChI is InChI=1S/C14H27NO3/c1-10(2)7-13(3,4)9-15-12(18)14(5,6)8-11(16)17/h10H,7-9H2,1-6H3,(H,15,18)(H,16,17). The van der Waals surface area contributed by atoms with Crippen molar-refractivity contribution in [2.75, 3.05) is 6.54 Å². The minimum atomic E-state index is -0.948. The van der Waals surface area contributed by atoms with E-state index in [-0.39, 0.29) is 17.7 Å². The quantitative estimate of drug-likeness (QED) is 0.737. The van der Waals surface area contributed by atoms with E-state index >= 15 is 0 Å². The molecule has 0 unspecified atom stereocenters. The van der Waals surface area contributed by atoms with Crippen molar-refractivity contribution in [2.45, 2.75) is 54.4 Å². The van der Waals surface area contributed by atoms with Gasteiger partial charge in [-0.3, -0.25) is 9.59 Å². The first kappa shape index (κ1) is 16.9. The van der Waals surface area contributed by atoms with E-state index < -0.39 is 11.4 Å². The van der Waals surface area contributed by atoms with Crippen LogP contribution < -0.4 is 5.32 Å². The number of carbonyl (C=O) groups excluding carboxylic acids is 1. The minimum absolute atomic E-state index is 0.0309. The molecule has 0 aromatic rings. The molecule has 0 spiro atoms. The number of hydrogen-bond donors (Lipinski definition) is 2. The lowest BCUT2D eigenvalue weighted by Crippen LogP contribution is -2.42. The third-order valence-corrected chi connectivity index (χ3v) is 2.90. The summed E-state index contributed by atoms with van der Waals surface area (Å²) in [4.78, 5) is 22.6. The lowest BCUT2D eigenvalue weighted by molar-refractivity contribution is -0.144. The summed E-state index contributed by atoms with van der Waals surface area (Å²) in [5.41, 5.74) is -0.830. The molecule has 0 rings (SSSR count). The summed E-state index contributed by atoms with van der Waals surface area (Å²) < 4.78 is 0. The maximum atomic E-state index is 12.0. The topological polar surface area (TPSA) is 66.4 Å². The maximum absolute atomic E-state index is 12.0. The molecule has 0 aromatic carbocycles. The van der Waals surface area contributed by atoms with E-state index in [4.69, 9.17) is 5.11 Å². The van der Waals surface area contributed by atoms with Crippen LogP contribution in [-0.4, -0.2) is 23.5 Å². The fraction of sp³-hybridized carbons (Fsp3) is 0.857. The summed E-state index contributed by atoms with van der Waals surface area (Å²) in [5.74, 6) is -0.567. The molecule has 0 atom stereocenters. The zero-order valence-corrected chi connectivity index (χ0v) is 12.5. The average Bonchev–Trinajstić information content (AvgIpc) is 2.09. The zero-order valence-electron chi connectivity index (χ0n) is 12.5. The normalized spacial score (nSPS) is 12.6. The van der Waals surface area contributed by atoms with Gasteiger partial charge in [0.2, 0.25) is 5.91 Å². The first-order valence-electron chi connectivity index (χ1n) is 6.46. The molecule has 0 fully saturated rings. The van der Waals surface area contributed by atoms with Crippen molar-refractivity contribution in [1.29, 1.82) is 0 Å². The zero-order chi connectivity index (χ0) is 14.6. The number of hydrogen-bond acceptors (Lipinski definition) is 2. The highest BCUT2D eigenvalue weighted by atomic mass is 16.4.